The van der Waals surface area contributed by atoms with Crippen LogP contribution in [0.15, 0.2) is 47.8 Å². The fourth-order valence-electron chi connectivity index (χ4n) is 2.58. The van der Waals surface area contributed by atoms with Crippen molar-refractivity contribution in [2.75, 3.05) is 24.9 Å². The zero-order valence-electron chi connectivity index (χ0n) is 15.0. The molecular weight excluding hydrogens is 402 g/mol. The van der Waals surface area contributed by atoms with Gasteiger partial charge in [0.1, 0.15) is 5.01 Å². The van der Waals surface area contributed by atoms with Crippen molar-refractivity contribution in [2.24, 2.45) is 0 Å². The minimum atomic E-state index is -0.623. The zero-order valence-corrected chi connectivity index (χ0v) is 16.5. The van der Waals surface area contributed by atoms with Crippen molar-refractivity contribution >= 4 is 34.3 Å². The number of ether oxygens (including phenoxy) is 1. The van der Waals surface area contributed by atoms with E-state index in [0.29, 0.717) is 17.8 Å². The molecule has 1 aromatic heterocycles. The van der Waals surface area contributed by atoms with Crippen molar-refractivity contribution < 1.29 is 14.8 Å². The number of aliphatic hydroxyl groups excluding tert-OH is 1. The molecule has 0 spiro atoms. The third kappa shape index (κ3) is 4.59. The lowest BCUT2D eigenvalue weighted by molar-refractivity contribution is -0.385. The normalized spacial score (nSPS) is 11.8. The Balaban J connectivity index is 1.85. The summed E-state index contributed by atoms with van der Waals surface area (Å²) in [5.41, 5.74) is 2.96. The summed E-state index contributed by atoms with van der Waals surface area (Å²) >= 11 is 7.06. The highest BCUT2D eigenvalue weighted by Crippen LogP contribution is 2.34. The van der Waals surface area contributed by atoms with Crippen LogP contribution in [0.2, 0.25) is 0 Å². The minimum Gasteiger partial charge on any atom is -0.490 e. The van der Waals surface area contributed by atoms with Crippen molar-refractivity contribution in [1.82, 2.24) is 4.98 Å². The highest BCUT2D eigenvalue weighted by molar-refractivity contribution is 7.13. The summed E-state index contributed by atoms with van der Waals surface area (Å²) in [5.74, 6) is 0.374. The molecule has 0 aliphatic heterocycles. The van der Waals surface area contributed by atoms with Crippen LogP contribution in [0.4, 0.5) is 11.4 Å². The molecule has 1 atom stereocenters. The van der Waals surface area contributed by atoms with E-state index in [1.165, 1.54) is 24.5 Å². The number of nitro benzene ring substituents is 1. The van der Waals surface area contributed by atoms with Gasteiger partial charge in [-0.3, -0.25) is 10.1 Å². The maximum Gasteiger partial charge on any atom is 0.311 e. The number of benzene rings is 2. The average Bonchev–Trinajstić information content (AvgIpc) is 3.22. The van der Waals surface area contributed by atoms with Gasteiger partial charge in [0.2, 0.25) is 0 Å². The van der Waals surface area contributed by atoms with Crippen LogP contribution in [0.3, 0.4) is 0 Å². The van der Waals surface area contributed by atoms with Gasteiger partial charge in [0.25, 0.3) is 0 Å². The van der Waals surface area contributed by atoms with Crippen molar-refractivity contribution in [3.63, 3.8) is 0 Å². The third-order valence-corrected chi connectivity index (χ3v) is 5.25. The summed E-state index contributed by atoms with van der Waals surface area (Å²) in [6, 6.07) is 12.4. The molecule has 2 aromatic carbocycles. The monoisotopic (exact) mass is 419 g/mol. The van der Waals surface area contributed by atoms with Crippen LogP contribution in [-0.4, -0.2) is 40.7 Å². The molecule has 0 fully saturated rings. The van der Waals surface area contributed by atoms with E-state index in [4.69, 9.17) is 16.3 Å². The van der Waals surface area contributed by atoms with Crippen LogP contribution >= 0.6 is 22.9 Å². The van der Waals surface area contributed by atoms with Crippen molar-refractivity contribution in [1.29, 1.82) is 0 Å². The molecule has 0 amide bonds. The van der Waals surface area contributed by atoms with Crippen LogP contribution in [0.5, 0.6) is 5.75 Å². The summed E-state index contributed by atoms with van der Waals surface area (Å²) in [4.78, 5) is 15.4. The largest absolute Gasteiger partial charge is 0.490 e. The number of alkyl halides is 1. The maximum atomic E-state index is 11.2. The second-order valence-corrected chi connectivity index (χ2v) is 7.12. The van der Waals surface area contributed by atoms with Crippen molar-refractivity contribution in [3.8, 4) is 27.6 Å². The molecule has 0 saturated carbocycles. The molecule has 0 radical (unpaired) electrons. The number of hydrogen-bond donors (Lipinski definition) is 2. The van der Waals surface area contributed by atoms with E-state index in [2.05, 4.69) is 10.3 Å². The van der Waals surface area contributed by atoms with Crippen molar-refractivity contribution in [3.05, 3.63) is 58.0 Å². The first-order valence-electron chi connectivity index (χ1n) is 8.38. The molecule has 0 bridgehead atoms. The topological polar surface area (TPSA) is 97.5 Å². The number of methoxy groups -OCH3 is 1. The molecule has 1 unspecified atom stereocenters. The summed E-state index contributed by atoms with van der Waals surface area (Å²) in [5, 5.41) is 26.6. The SMILES string of the molecule is COc1ccc(-c2csc(-c3cccc(NCC(O)CCl)c3)n2)cc1[N+](=O)[O-]. The number of aromatic nitrogens is 1. The highest BCUT2D eigenvalue weighted by atomic mass is 35.5. The molecule has 1 heterocycles. The Morgan fingerprint density at radius 1 is 1.32 bits per heavy atom. The minimum absolute atomic E-state index is 0.0985. The van der Waals surface area contributed by atoms with E-state index >= 15 is 0 Å². The molecule has 28 heavy (non-hydrogen) atoms. The predicted octanol–water partition coefficient (Wildman–Crippen LogP) is 4.41. The molecule has 146 valence electrons. The molecule has 0 saturated heterocycles. The Labute approximate surface area is 170 Å². The molecule has 7 nitrogen and oxygen atoms in total. The van der Waals surface area contributed by atoms with Crippen LogP contribution in [0.25, 0.3) is 21.8 Å². The van der Waals surface area contributed by atoms with Crippen LogP contribution < -0.4 is 10.1 Å². The number of thiazole rings is 1. The second kappa shape index (κ2) is 9.01. The highest BCUT2D eigenvalue weighted by Gasteiger charge is 2.17. The van der Waals surface area contributed by atoms with E-state index in [0.717, 1.165) is 16.3 Å². The Kier molecular flexibility index (Phi) is 6.45. The molecule has 0 aliphatic rings. The molecule has 3 aromatic rings. The summed E-state index contributed by atoms with van der Waals surface area (Å²) < 4.78 is 5.04. The lowest BCUT2D eigenvalue weighted by Crippen LogP contribution is -2.20. The molecule has 0 aliphatic carbocycles. The number of halogens is 1. The number of nitrogens with zero attached hydrogens (tertiary/aromatic N) is 2. The van der Waals surface area contributed by atoms with Crippen molar-refractivity contribution in [2.45, 2.75) is 6.10 Å². The summed E-state index contributed by atoms with van der Waals surface area (Å²) in [7, 11) is 1.40. The number of nitrogens with one attached hydrogen (secondary N) is 1. The van der Waals surface area contributed by atoms with E-state index in [1.807, 2.05) is 29.6 Å². The fraction of sp³-hybridized carbons (Fsp3) is 0.211. The number of anilines is 1. The van der Waals surface area contributed by atoms with Gasteiger partial charge in [0, 0.05) is 34.8 Å². The van der Waals surface area contributed by atoms with Crippen LogP contribution in [-0.2, 0) is 0 Å². The van der Waals surface area contributed by atoms with Crippen LogP contribution in [0.1, 0.15) is 0 Å². The summed E-state index contributed by atoms with van der Waals surface area (Å²) in [6.07, 6.45) is -0.623. The number of hydrogen-bond acceptors (Lipinski definition) is 7. The maximum absolute atomic E-state index is 11.2. The van der Waals surface area contributed by atoms with Gasteiger partial charge in [0.15, 0.2) is 5.75 Å². The third-order valence-electron chi connectivity index (χ3n) is 4.00. The fourth-order valence-corrected chi connectivity index (χ4v) is 3.52. The van der Waals surface area contributed by atoms with Gasteiger partial charge in [-0.05, 0) is 24.3 Å². The first kappa shape index (κ1) is 20.1. The number of rotatable bonds is 8. The van der Waals surface area contributed by atoms with Gasteiger partial charge in [-0.15, -0.1) is 22.9 Å². The van der Waals surface area contributed by atoms with E-state index in [1.54, 1.807) is 12.1 Å². The Morgan fingerprint density at radius 2 is 2.14 bits per heavy atom. The number of aliphatic hydroxyl groups is 1. The van der Waals surface area contributed by atoms with Gasteiger partial charge >= 0.3 is 5.69 Å². The molecule has 9 heteroatoms. The van der Waals surface area contributed by atoms with E-state index < -0.39 is 11.0 Å². The van der Waals surface area contributed by atoms with Gasteiger partial charge in [0.05, 0.1) is 29.7 Å². The van der Waals surface area contributed by atoms with Gasteiger partial charge in [-0.25, -0.2) is 4.98 Å². The molecule has 2 N–H and O–H groups in total. The van der Waals surface area contributed by atoms with E-state index in [-0.39, 0.29) is 17.3 Å². The number of nitro groups is 1. The lowest BCUT2D eigenvalue weighted by Gasteiger charge is -2.10. The second-order valence-electron chi connectivity index (χ2n) is 5.95. The Bertz CT molecular complexity index is 979. The first-order chi connectivity index (χ1) is 13.5. The Hall–Kier alpha value is -2.68. The molecule has 3 rings (SSSR count). The zero-order chi connectivity index (χ0) is 20.1. The van der Waals surface area contributed by atoms with Gasteiger partial charge in [-0.2, -0.15) is 0 Å². The lowest BCUT2D eigenvalue weighted by atomic mass is 10.1. The van der Waals surface area contributed by atoms with Crippen LogP contribution in [0, 0.1) is 10.1 Å². The average molecular weight is 420 g/mol. The smallest absolute Gasteiger partial charge is 0.311 e. The quantitative estimate of drug-likeness (QED) is 0.319. The van der Waals surface area contributed by atoms with E-state index in [9.17, 15) is 15.2 Å². The first-order valence-corrected chi connectivity index (χ1v) is 9.80. The molecular formula is C19H18ClN3O4S. The Morgan fingerprint density at radius 3 is 2.86 bits per heavy atom. The van der Waals surface area contributed by atoms with Gasteiger partial charge in [-0.1, -0.05) is 12.1 Å². The predicted molar refractivity (Wildman–Crippen MR) is 111 cm³/mol. The summed E-state index contributed by atoms with van der Waals surface area (Å²) in [6.45, 7) is 0.353. The standard InChI is InChI=1S/C19H18ClN3O4S/c1-27-18-6-5-12(8-17(18)23(25)26)16-11-28-19(22-16)13-3-2-4-14(7-13)21-10-15(24)9-20/h2-8,11,15,21,24H,9-10H2,1H3. The van der Waals surface area contributed by atoms with Gasteiger partial charge < -0.3 is 15.2 Å².